The zero-order valence-electron chi connectivity index (χ0n) is 13.1. The van der Waals surface area contributed by atoms with E-state index in [9.17, 15) is 12.8 Å². The predicted molar refractivity (Wildman–Crippen MR) is 96.4 cm³/mol. The van der Waals surface area contributed by atoms with Gasteiger partial charge in [-0.25, -0.2) is 17.8 Å². The van der Waals surface area contributed by atoms with Crippen molar-refractivity contribution in [3.63, 3.8) is 0 Å². The number of hydrogen-bond acceptors (Lipinski definition) is 4. The monoisotopic (exact) mass is 428 g/mol. The number of hydrogen-bond donors (Lipinski definition) is 1. The lowest BCUT2D eigenvalue weighted by atomic mass is 10.2. The van der Waals surface area contributed by atoms with Gasteiger partial charge in [-0.05, 0) is 12.1 Å². The lowest BCUT2D eigenvalue weighted by Crippen LogP contribution is -2.49. The second kappa shape index (κ2) is 7.77. The molecular weight excluding hydrogens is 414 g/mol. The summed E-state index contributed by atoms with van der Waals surface area (Å²) in [6.07, 6.45) is 3.34. The van der Waals surface area contributed by atoms with Gasteiger partial charge in [0.1, 0.15) is 10.7 Å². The molecule has 1 atom stereocenters. The highest BCUT2D eigenvalue weighted by Gasteiger charge is 2.38. The molecule has 0 saturated carbocycles. The van der Waals surface area contributed by atoms with Crippen molar-refractivity contribution in [1.82, 2.24) is 19.2 Å². The Kier molecular flexibility index (Phi) is 6.35. The Morgan fingerprint density at radius 1 is 1.36 bits per heavy atom. The number of halogens is 4. The number of rotatable bonds is 3. The van der Waals surface area contributed by atoms with Crippen molar-refractivity contribution in [2.45, 2.75) is 10.9 Å². The van der Waals surface area contributed by atoms with E-state index < -0.39 is 26.9 Å². The molecule has 1 aromatic carbocycles. The number of nitrogens with one attached hydrogen (secondary N) is 1. The molecule has 3 rings (SSSR count). The van der Waals surface area contributed by atoms with Crippen molar-refractivity contribution in [3.8, 4) is 0 Å². The SMILES string of the molecule is Cl.Cn1ccnc1C1CNCCN1S(=O)(=O)c1ccc(Cl)c(F)c1Cl. The molecule has 0 spiro atoms. The minimum atomic E-state index is -4.01. The largest absolute Gasteiger partial charge is 0.337 e. The van der Waals surface area contributed by atoms with Crippen LogP contribution in [-0.4, -0.2) is 41.9 Å². The van der Waals surface area contributed by atoms with Gasteiger partial charge in [-0.1, -0.05) is 23.2 Å². The average Bonchev–Trinajstić information content (AvgIpc) is 2.98. The number of aryl methyl sites for hydroxylation is 1. The minimum absolute atomic E-state index is 0. The molecule has 1 N–H and O–H groups in total. The maximum absolute atomic E-state index is 13.9. The third kappa shape index (κ3) is 3.65. The molecule has 1 fully saturated rings. The maximum atomic E-state index is 13.9. The number of imidazole rings is 1. The van der Waals surface area contributed by atoms with Gasteiger partial charge in [-0.2, -0.15) is 4.31 Å². The van der Waals surface area contributed by atoms with E-state index in [0.29, 0.717) is 18.9 Å². The lowest BCUT2D eigenvalue weighted by molar-refractivity contribution is 0.258. The molecule has 0 bridgehead atoms. The van der Waals surface area contributed by atoms with Crippen LogP contribution in [0.15, 0.2) is 29.4 Å². The first-order valence-corrected chi connectivity index (χ1v) is 9.37. The summed E-state index contributed by atoms with van der Waals surface area (Å²) in [6, 6.07) is 1.90. The lowest BCUT2D eigenvalue weighted by Gasteiger charge is -2.34. The Hall–Kier alpha value is -0.900. The van der Waals surface area contributed by atoms with Gasteiger partial charge in [0.15, 0.2) is 5.82 Å². The summed E-state index contributed by atoms with van der Waals surface area (Å²) < 4.78 is 43.1. The van der Waals surface area contributed by atoms with E-state index in [-0.39, 0.29) is 28.9 Å². The van der Waals surface area contributed by atoms with Crippen LogP contribution < -0.4 is 5.32 Å². The maximum Gasteiger partial charge on any atom is 0.245 e. The first-order valence-electron chi connectivity index (χ1n) is 7.17. The highest BCUT2D eigenvalue weighted by molar-refractivity contribution is 7.89. The molecule has 2 heterocycles. The number of aromatic nitrogens is 2. The van der Waals surface area contributed by atoms with Gasteiger partial charge in [0.25, 0.3) is 0 Å². The molecule has 6 nitrogen and oxygen atoms in total. The van der Waals surface area contributed by atoms with E-state index in [2.05, 4.69) is 10.3 Å². The molecule has 2 aromatic rings. The molecule has 25 heavy (non-hydrogen) atoms. The quantitative estimate of drug-likeness (QED) is 0.762. The van der Waals surface area contributed by atoms with Crippen LogP contribution >= 0.6 is 35.6 Å². The number of sulfonamides is 1. The first kappa shape index (κ1) is 20.4. The Balaban J connectivity index is 0.00000225. The second-order valence-electron chi connectivity index (χ2n) is 5.41. The third-order valence-corrected chi connectivity index (χ3v) is 6.66. The van der Waals surface area contributed by atoms with Gasteiger partial charge < -0.3 is 9.88 Å². The molecule has 0 amide bonds. The highest BCUT2D eigenvalue weighted by atomic mass is 35.5. The molecular formula is C14H16Cl3FN4O2S. The van der Waals surface area contributed by atoms with Crippen LogP contribution in [0.5, 0.6) is 0 Å². The number of benzene rings is 1. The molecule has 1 aliphatic rings. The zero-order valence-corrected chi connectivity index (χ0v) is 16.3. The van der Waals surface area contributed by atoms with Crippen LogP contribution in [0.2, 0.25) is 10.0 Å². The van der Waals surface area contributed by atoms with Crippen molar-refractivity contribution < 1.29 is 12.8 Å². The smallest absolute Gasteiger partial charge is 0.245 e. The van der Waals surface area contributed by atoms with Gasteiger partial charge in [0, 0.05) is 39.1 Å². The van der Waals surface area contributed by atoms with E-state index in [0.717, 1.165) is 0 Å². The average molecular weight is 430 g/mol. The van der Waals surface area contributed by atoms with Crippen LogP contribution in [-0.2, 0) is 17.1 Å². The van der Waals surface area contributed by atoms with Crippen LogP contribution in [0.3, 0.4) is 0 Å². The fourth-order valence-corrected chi connectivity index (χ4v) is 5.03. The minimum Gasteiger partial charge on any atom is -0.337 e. The summed E-state index contributed by atoms with van der Waals surface area (Å²) in [6.45, 7) is 1.10. The highest BCUT2D eigenvalue weighted by Crippen LogP contribution is 2.34. The molecule has 1 aliphatic heterocycles. The van der Waals surface area contributed by atoms with Crippen molar-refractivity contribution in [2.24, 2.45) is 7.05 Å². The van der Waals surface area contributed by atoms with E-state index in [1.165, 1.54) is 16.4 Å². The summed E-state index contributed by atoms with van der Waals surface area (Å²) >= 11 is 11.6. The zero-order chi connectivity index (χ0) is 17.5. The predicted octanol–water partition coefficient (Wildman–Crippen LogP) is 2.62. The second-order valence-corrected chi connectivity index (χ2v) is 8.05. The van der Waals surface area contributed by atoms with Crippen molar-refractivity contribution in [3.05, 3.63) is 46.2 Å². The fourth-order valence-electron chi connectivity index (χ4n) is 2.73. The van der Waals surface area contributed by atoms with Gasteiger partial charge in [-0.15, -0.1) is 12.4 Å². The summed E-state index contributed by atoms with van der Waals surface area (Å²) in [5.74, 6) is -0.348. The van der Waals surface area contributed by atoms with Crippen LogP contribution in [0, 0.1) is 5.82 Å². The fraction of sp³-hybridized carbons (Fsp3) is 0.357. The topological polar surface area (TPSA) is 67.2 Å². The van der Waals surface area contributed by atoms with Gasteiger partial charge in [0.05, 0.1) is 16.1 Å². The molecule has 11 heteroatoms. The molecule has 0 radical (unpaired) electrons. The van der Waals surface area contributed by atoms with Crippen molar-refractivity contribution in [1.29, 1.82) is 0 Å². The summed E-state index contributed by atoms with van der Waals surface area (Å²) in [5.41, 5.74) is 0. The van der Waals surface area contributed by atoms with Gasteiger partial charge in [-0.3, -0.25) is 0 Å². The van der Waals surface area contributed by atoms with Crippen LogP contribution in [0.25, 0.3) is 0 Å². The van der Waals surface area contributed by atoms with E-state index >= 15 is 0 Å². The normalized spacial score (nSPS) is 18.8. The summed E-state index contributed by atoms with van der Waals surface area (Å²) in [5, 5.41) is 2.43. The number of piperazine rings is 1. The molecule has 1 unspecified atom stereocenters. The molecule has 1 saturated heterocycles. The molecule has 1 aromatic heterocycles. The summed E-state index contributed by atoms with van der Waals surface area (Å²) in [4.78, 5) is 3.94. The van der Waals surface area contributed by atoms with Crippen molar-refractivity contribution >= 4 is 45.6 Å². The molecule has 138 valence electrons. The number of nitrogens with zero attached hydrogens (tertiary/aromatic N) is 3. The van der Waals surface area contributed by atoms with Crippen LogP contribution in [0.1, 0.15) is 11.9 Å². The van der Waals surface area contributed by atoms with E-state index in [1.54, 1.807) is 24.0 Å². The van der Waals surface area contributed by atoms with E-state index in [4.69, 9.17) is 23.2 Å². The first-order chi connectivity index (χ1) is 11.3. The van der Waals surface area contributed by atoms with Gasteiger partial charge in [0.2, 0.25) is 10.0 Å². The summed E-state index contributed by atoms with van der Waals surface area (Å²) in [7, 11) is -2.23. The Morgan fingerprint density at radius 2 is 2.08 bits per heavy atom. The third-order valence-electron chi connectivity index (χ3n) is 3.94. The van der Waals surface area contributed by atoms with Crippen LogP contribution in [0.4, 0.5) is 4.39 Å². The van der Waals surface area contributed by atoms with Gasteiger partial charge >= 0.3 is 0 Å². The Labute approximate surface area is 161 Å². The molecule has 0 aliphatic carbocycles. The Morgan fingerprint density at radius 3 is 2.72 bits per heavy atom. The standard InChI is InChI=1S/C14H15Cl2FN4O2S.ClH/c1-20-6-5-19-14(20)10-8-18-4-7-21(10)24(22,23)11-3-2-9(15)13(17)12(11)16;/h2-3,5-6,10,18H,4,7-8H2,1H3;1H. The Bertz CT molecular complexity index is 875. The van der Waals surface area contributed by atoms with Crippen molar-refractivity contribution in [2.75, 3.05) is 19.6 Å². The van der Waals surface area contributed by atoms with E-state index in [1.807, 2.05) is 0 Å².